The zero-order valence-electron chi connectivity index (χ0n) is 16.6. The van der Waals surface area contributed by atoms with Crippen LogP contribution in [0.2, 0.25) is 0 Å². The van der Waals surface area contributed by atoms with Crippen LogP contribution in [0.1, 0.15) is 5.56 Å². The molecule has 0 atom stereocenters. The maximum atomic E-state index is 13.5. The Morgan fingerprint density at radius 1 is 0.875 bits per heavy atom. The van der Waals surface area contributed by atoms with Gasteiger partial charge in [0.1, 0.15) is 22.0 Å². The Kier molecular flexibility index (Phi) is 4.67. The summed E-state index contributed by atoms with van der Waals surface area (Å²) < 4.78 is 41.4. The maximum absolute atomic E-state index is 13.5. The number of sulfone groups is 1. The summed E-state index contributed by atoms with van der Waals surface area (Å²) in [6.07, 6.45) is 1.45. The van der Waals surface area contributed by atoms with E-state index in [0.29, 0.717) is 16.6 Å². The largest absolute Gasteiger partial charge is 0.382 e. The fourth-order valence-corrected chi connectivity index (χ4v) is 4.90. The third-order valence-electron chi connectivity index (χ3n) is 4.94. The van der Waals surface area contributed by atoms with Crippen LogP contribution in [0.25, 0.3) is 22.2 Å². The molecule has 0 saturated carbocycles. The van der Waals surface area contributed by atoms with E-state index in [2.05, 4.69) is 15.1 Å². The van der Waals surface area contributed by atoms with Gasteiger partial charge < -0.3 is 5.73 Å². The van der Waals surface area contributed by atoms with E-state index in [0.717, 1.165) is 0 Å². The number of fused-ring (bicyclic) bond motifs is 2. The summed E-state index contributed by atoms with van der Waals surface area (Å²) >= 11 is 0. The van der Waals surface area contributed by atoms with E-state index < -0.39 is 9.84 Å². The van der Waals surface area contributed by atoms with Gasteiger partial charge in [0.15, 0.2) is 5.65 Å². The van der Waals surface area contributed by atoms with Crippen molar-refractivity contribution in [2.24, 2.45) is 5.10 Å². The quantitative estimate of drug-likeness (QED) is 0.421. The molecule has 0 bridgehead atoms. The molecule has 0 fully saturated rings. The van der Waals surface area contributed by atoms with Crippen molar-refractivity contribution >= 4 is 44.1 Å². The summed E-state index contributed by atoms with van der Waals surface area (Å²) in [5, 5.41) is 4.35. The molecule has 0 aliphatic rings. The Morgan fingerprint density at radius 2 is 1.50 bits per heavy atom. The molecule has 0 aliphatic carbocycles. The van der Waals surface area contributed by atoms with Gasteiger partial charge in [0.2, 0.25) is 9.84 Å². The van der Waals surface area contributed by atoms with Gasteiger partial charge >= 0.3 is 0 Å². The van der Waals surface area contributed by atoms with Gasteiger partial charge in [-0.2, -0.15) is 9.78 Å². The highest BCUT2D eigenvalue weighted by atomic mass is 32.2. The van der Waals surface area contributed by atoms with Gasteiger partial charge in [0.25, 0.3) is 0 Å². The minimum absolute atomic E-state index is 0.0863. The van der Waals surface area contributed by atoms with E-state index in [4.69, 9.17) is 5.73 Å². The summed E-state index contributed by atoms with van der Waals surface area (Å²) in [4.78, 5) is 9.05. The van der Waals surface area contributed by atoms with Crippen LogP contribution in [0.15, 0.2) is 93.8 Å². The number of rotatable bonds is 4. The Morgan fingerprint density at radius 3 is 2.19 bits per heavy atom. The molecule has 5 rings (SSSR count). The van der Waals surface area contributed by atoms with Crippen molar-refractivity contribution in [1.82, 2.24) is 14.6 Å². The summed E-state index contributed by atoms with van der Waals surface area (Å²) in [5.41, 5.74) is 8.36. The molecule has 9 heteroatoms. The molecular formula is C23H16FN5O2S. The van der Waals surface area contributed by atoms with E-state index in [1.807, 2.05) is 6.07 Å². The highest BCUT2D eigenvalue weighted by molar-refractivity contribution is 7.92. The minimum Gasteiger partial charge on any atom is -0.382 e. The Hall–Kier alpha value is -4.11. The van der Waals surface area contributed by atoms with Crippen LogP contribution >= 0.6 is 0 Å². The number of anilines is 1. The highest BCUT2D eigenvalue weighted by Crippen LogP contribution is 2.35. The molecule has 0 spiro atoms. The first-order valence-corrected chi connectivity index (χ1v) is 11.1. The molecule has 0 saturated heterocycles. The molecular weight excluding hydrogens is 429 g/mol. The van der Waals surface area contributed by atoms with Crippen LogP contribution in [0.3, 0.4) is 0 Å². The van der Waals surface area contributed by atoms with Gasteiger partial charge in [0, 0.05) is 0 Å². The number of hydrogen-bond acceptors (Lipinski definition) is 6. The van der Waals surface area contributed by atoms with Crippen LogP contribution < -0.4 is 5.73 Å². The Labute approximate surface area is 182 Å². The number of nitrogens with two attached hydrogens (primary N) is 1. The van der Waals surface area contributed by atoms with Crippen LogP contribution in [-0.4, -0.2) is 29.3 Å². The molecule has 2 N–H and O–H groups in total. The lowest BCUT2D eigenvalue weighted by atomic mass is 10.2. The summed E-state index contributed by atoms with van der Waals surface area (Å²) in [5.74, 6) is -0.487. The van der Waals surface area contributed by atoms with Gasteiger partial charge in [-0.3, -0.25) is 0 Å². The lowest BCUT2D eigenvalue weighted by molar-refractivity contribution is 0.597. The maximum Gasteiger partial charge on any atom is 0.212 e. The Bertz CT molecular complexity index is 1600. The average molecular weight is 445 g/mol. The van der Waals surface area contributed by atoms with Crippen LogP contribution in [0.4, 0.5) is 10.2 Å². The van der Waals surface area contributed by atoms with E-state index in [-0.39, 0.29) is 32.6 Å². The minimum atomic E-state index is -4.00. The first kappa shape index (κ1) is 19.8. The van der Waals surface area contributed by atoms with Crippen LogP contribution in [-0.2, 0) is 9.84 Å². The van der Waals surface area contributed by atoms with Crippen LogP contribution in [0.5, 0.6) is 0 Å². The first-order valence-electron chi connectivity index (χ1n) is 9.62. The second-order valence-electron chi connectivity index (χ2n) is 7.02. The molecule has 0 unspecified atom stereocenters. The van der Waals surface area contributed by atoms with E-state index in [9.17, 15) is 12.8 Å². The van der Waals surface area contributed by atoms with Gasteiger partial charge in [0.05, 0.1) is 22.1 Å². The zero-order chi connectivity index (χ0) is 22.3. The van der Waals surface area contributed by atoms with Crippen molar-refractivity contribution in [2.45, 2.75) is 9.79 Å². The molecule has 0 aliphatic heterocycles. The summed E-state index contributed by atoms with van der Waals surface area (Å²) in [6, 6.07) is 20.8. The standard InChI is InChI=1S/C23H16FN5O2S/c24-16-12-10-15(11-13-16)14-26-29-22(25)21(32(30,31)17-6-2-1-3-7-17)20-23(29)28-19-9-5-4-8-18(19)27-20/h1-14H,25H2/b26-14-. The van der Waals surface area contributed by atoms with E-state index in [1.165, 1.54) is 35.2 Å². The fourth-order valence-electron chi connectivity index (χ4n) is 3.39. The monoisotopic (exact) mass is 445 g/mol. The first-order chi connectivity index (χ1) is 15.4. The topological polar surface area (TPSA) is 103 Å². The molecule has 0 amide bonds. The second-order valence-corrected chi connectivity index (χ2v) is 8.91. The predicted octanol–water partition coefficient (Wildman–Crippen LogP) is 4.02. The number of hydrogen-bond donors (Lipinski definition) is 1. The molecule has 2 heterocycles. The van der Waals surface area contributed by atoms with Gasteiger partial charge in [-0.1, -0.05) is 42.5 Å². The molecule has 0 radical (unpaired) electrons. The Balaban J connectivity index is 1.79. The fraction of sp³-hybridized carbons (Fsp3) is 0. The predicted molar refractivity (Wildman–Crippen MR) is 121 cm³/mol. The molecule has 3 aromatic carbocycles. The van der Waals surface area contributed by atoms with Gasteiger partial charge in [-0.15, -0.1) is 0 Å². The second kappa shape index (κ2) is 7.54. The van der Waals surface area contributed by atoms with E-state index in [1.54, 1.807) is 48.5 Å². The number of para-hydroxylation sites is 2. The average Bonchev–Trinajstić information content (AvgIpc) is 3.08. The number of nitrogen functional groups attached to an aromatic ring is 1. The van der Waals surface area contributed by atoms with Crippen molar-refractivity contribution in [2.75, 3.05) is 5.73 Å². The summed E-state index contributed by atoms with van der Waals surface area (Å²) in [7, 11) is -4.00. The summed E-state index contributed by atoms with van der Waals surface area (Å²) in [6.45, 7) is 0. The molecule has 32 heavy (non-hydrogen) atoms. The lowest BCUT2D eigenvalue weighted by Gasteiger charge is -2.04. The number of nitrogens with zero attached hydrogens (tertiary/aromatic N) is 4. The number of benzene rings is 3. The normalized spacial score (nSPS) is 12.2. The highest BCUT2D eigenvalue weighted by Gasteiger charge is 2.30. The van der Waals surface area contributed by atoms with Crippen LogP contribution in [0, 0.1) is 5.82 Å². The number of aromatic nitrogens is 3. The third kappa shape index (κ3) is 3.28. The molecule has 158 valence electrons. The van der Waals surface area contributed by atoms with Crippen molar-refractivity contribution < 1.29 is 12.8 Å². The molecule has 5 aromatic rings. The van der Waals surface area contributed by atoms with Crippen molar-refractivity contribution in [3.63, 3.8) is 0 Å². The van der Waals surface area contributed by atoms with Crippen molar-refractivity contribution in [1.29, 1.82) is 0 Å². The third-order valence-corrected chi connectivity index (χ3v) is 6.78. The SMILES string of the molecule is Nc1c(S(=O)(=O)c2ccccc2)c2nc3ccccc3nc2n1/N=C\c1ccc(F)cc1. The van der Waals surface area contributed by atoms with E-state index >= 15 is 0 Å². The molecule has 2 aromatic heterocycles. The number of halogens is 1. The van der Waals surface area contributed by atoms with Gasteiger partial charge in [-0.25, -0.2) is 22.8 Å². The van der Waals surface area contributed by atoms with Crippen molar-refractivity contribution in [3.8, 4) is 0 Å². The zero-order valence-corrected chi connectivity index (χ0v) is 17.4. The molecule has 7 nitrogen and oxygen atoms in total. The smallest absolute Gasteiger partial charge is 0.212 e. The lowest BCUT2D eigenvalue weighted by Crippen LogP contribution is -2.06. The van der Waals surface area contributed by atoms with Gasteiger partial charge in [-0.05, 0) is 42.0 Å². The van der Waals surface area contributed by atoms with Crippen molar-refractivity contribution in [3.05, 3.63) is 90.2 Å².